The molecule has 1 fully saturated rings. The highest BCUT2D eigenvalue weighted by Crippen LogP contribution is 2.29. The van der Waals surface area contributed by atoms with Gasteiger partial charge in [-0.3, -0.25) is 10.2 Å². The average molecular weight is 316 g/mol. The van der Waals surface area contributed by atoms with E-state index in [0.717, 1.165) is 10.6 Å². The van der Waals surface area contributed by atoms with E-state index in [4.69, 9.17) is 4.74 Å². The van der Waals surface area contributed by atoms with Crippen LogP contribution in [0.2, 0.25) is 0 Å². The number of hydrazine groups is 1. The van der Waals surface area contributed by atoms with Crippen molar-refractivity contribution in [1.29, 1.82) is 0 Å². The van der Waals surface area contributed by atoms with Gasteiger partial charge in [-0.2, -0.15) is 13.2 Å². The SMILES string of the molecule is CCOc1ccc(CCC(N2CCC(=O)N2)C(F)(F)F)cc1. The Labute approximate surface area is 127 Å². The highest BCUT2D eigenvalue weighted by atomic mass is 19.4. The first-order valence-corrected chi connectivity index (χ1v) is 7.24. The van der Waals surface area contributed by atoms with Gasteiger partial charge in [-0.1, -0.05) is 12.1 Å². The van der Waals surface area contributed by atoms with Crippen LogP contribution in [0.5, 0.6) is 5.75 Å². The average Bonchev–Trinajstić information content (AvgIpc) is 2.86. The number of carbonyl (C=O) groups is 1. The summed E-state index contributed by atoms with van der Waals surface area (Å²) >= 11 is 0. The van der Waals surface area contributed by atoms with Crippen molar-refractivity contribution in [3.05, 3.63) is 29.8 Å². The number of amides is 1. The highest BCUT2D eigenvalue weighted by molar-refractivity contribution is 5.77. The number of carbonyl (C=O) groups excluding carboxylic acids is 1. The van der Waals surface area contributed by atoms with Crippen LogP contribution in [0.25, 0.3) is 0 Å². The molecule has 0 aliphatic carbocycles. The molecule has 1 N–H and O–H groups in total. The topological polar surface area (TPSA) is 41.6 Å². The Morgan fingerprint density at radius 3 is 2.50 bits per heavy atom. The van der Waals surface area contributed by atoms with Crippen molar-refractivity contribution in [2.24, 2.45) is 0 Å². The van der Waals surface area contributed by atoms with Crippen LogP contribution in [0.3, 0.4) is 0 Å². The summed E-state index contributed by atoms with van der Waals surface area (Å²) in [5.74, 6) is 0.334. The molecule has 7 heteroatoms. The van der Waals surface area contributed by atoms with Gasteiger partial charge >= 0.3 is 6.18 Å². The smallest absolute Gasteiger partial charge is 0.405 e. The van der Waals surface area contributed by atoms with E-state index in [1.54, 1.807) is 24.3 Å². The summed E-state index contributed by atoms with van der Waals surface area (Å²) in [4.78, 5) is 11.1. The lowest BCUT2D eigenvalue weighted by molar-refractivity contribution is -0.189. The lowest BCUT2D eigenvalue weighted by atomic mass is 10.0. The maximum atomic E-state index is 13.2. The van der Waals surface area contributed by atoms with Crippen LogP contribution < -0.4 is 10.2 Å². The van der Waals surface area contributed by atoms with E-state index < -0.39 is 12.2 Å². The van der Waals surface area contributed by atoms with Gasteiger partial charge in [0.15, 0.2) is 0 Å². The number of rotatable bonds is 6. The first-order chi connectivity index (χ1) is 10.4. The molecule has 1 saturated heterocycles. The fourth-order valence-corrected chi connectivity index (χ4v) is 2.45. The standard InChI is InChI=1S/C15H19F3N2O2/c1-2-22-12-6-3-11(4-7-12)5-8-13(15(16,17)18)20-10-9-14(21)19-20/h3-4,6-7,13H,2,5,8-10H2,1H3,(H,19,21). The Hall–Kier alpha value is -1.76. The number of aryl methyl sites for hydroxylation is 1. The molecule has 1 unspecified atom stereocenters. The van der Waals surface area contributed by atoms with Crippen molar-refractivity contribution < 1.29 is 22.7 Å². The van der Waals surface area contributed by atoms with Crippen molar-refractivity contribution >= 4 is 5.91 Å². The molecule has 1 aromatic rings. The lowest BCUT2D eigenvalue weighted by Crippen LogP contribution is -2.50. The van der Waals surface area contributed by atoms with Gasteiger partial charge in [0.05, 0.1) is 6.61 Å². The van der Waals surface area contributed by atoms with E-state index in [2.05, 4.69) is 5.43 Å². The minimum atomic E-state index is -4.37. The van der Waals surface area contributed by atoms with Crippen molar-refractivity contribution in [3.63, 3.8) is 0 Å². The van der Waals surface area contributed by atoms with Gasteiger partial charge in [-0.05, 0) is 37.5 Å². The Kier molecular flexibility index (Phi) is 5.28. The first kappa shape index (κ1) is 16.6. The van der Waals surface area contributed by atoms with Crippen LogP contribution in [0, 0.1) is 0 Å². The summed E-state index contributed by atoms with van der Waals surface area (Å²) in [6.07, 6.45) is -4.08. The summed E-state index contributed by atoms with van der Waals surface area (Å²) in [6, 6.07) is 5.37. The molecule has 1 aliphatic rings. The number of nitrogens with zero attached hydrogens (tertiary/aromatic N) is 1. The third kappa shape index (κ3) is 4.37. The number of alkyl halides is 3. The number of halogens is 3. The van der Waals surface area contributed by atoms with Crippen LogP contribution >= 0.6 is 0 Å². The summed E-state index contributed by atoms with van der Waals surface area (Å²) in [7, 11) is 0. The van der Waals surface area contributed by atoms with E-state index in [1.807, 2.05) is 6.92 Å². The molecule has 0 saturated carbocycles. The van der Waals surface area contributed by atoms with E-state index in [0.29, 0.717) is 12.4 Å². The molecule has 0 radical (unpaired) electrons. The molecule has 1 aliphatic heterocycles. The van der Waals surface area contributed by atoms with E-state index in [-0.39, 0.29) is 31.7 Å². The van der Waals surface area contributed by atoms with Crippen LogP contribution in [-0.2, 0) is 11.2 Å². The van der Waals surface area contributed by atoms with Crippen molar-refractivity contribution in [3.8, 4) is 5.75 Å². The van der Waals surface area contributed by atoms with Crippen LogP contribution in [0.15, 0.2) is 24.3 Å². The third-order valence-corrected chi connectivity index (χ3v) is 3.54. The van der Waals surface area contributed by atoms with Crippen molar-refractivity contribution in [2.75, 3.05) is 13.2 Å². The maximum Gasteiger partial charge on any atom is 0.405 e. The van der Waals surface area contributed by atoms with Gasteiger partial charge in [0, 0.05) is 13.0 Å². The molecular weight excluding hydrogens is 297 g/mol. The van der Waals surface area contributed by atoms with Gasteiger partial charge in [0.25, 0.3) is 0 Å². The second-order valence-corrected chi connectivity index (χ2v) is 5.15. The second-order valence-electron chi connectivity index (χ2n) is 5.15. The maximum absolute atomic E-state index is 13.2. The summed E-state index contributed by atoms with van der Waals surface area (Å²) < 4.78 is 44.8. The Morgan fingerprint density at radius 1 is 1.32 bits per heavy atom. The first-order valence-electron chi connectivity index (χ1n) is 7.24. The zero-order chi connectivity index (χ0) is 16.2. The van der Waals surface area contributed by atoms with Gasteiger partial charge in [0.2, 0.25) is 5.91 Å². The quantitative estimate of drug-likeness (QED) is 0.877. The fourth-order valence-electron chi connectivity index (χ4n) is 2.45. The van der Waals surface area contributed by atoms with E-state index >= 15 is 0 Å². The fraction of sp³-hybridized carbons (Fsp3) is 0.533. The van der Waals surface area contributed by atoms with Crippen LogP contribution in [0.4, 0.5) is 13.2 Å². The van der Waals surface area contributed by atoms with Gasteiger partial charge in [-0.25, -0.2) is 5.01 Å². The lowest BCUT2D eigenvalue weighted by Gasteiger charge is -2.28. The molecule has 122 valence electrons. The molecule has 4 nitrogen and oxygen atoms in total. The molecule has 1 atom stereocenters. The number of hydrogen-bond donors (Lipinski definition) is 1. The molecule has 1 aromatic carbocycles. The molecule has 2 rings (SSSR count). The molecule has 0 aromatic heterocycles. The minimum absolute atomic E-state index is 0.0896. The summed E-state index contributed by atoms with van der Waals surface area (Å²) in [6.45, 7) is 2.50. The van der Waals surface area contributed by atoms with Crippen LogP contribution in [-0.4, -0.2) is 36.3 Å². The monoisotopic (exact) mass is 316 g/mol. The summed E-state index contributed by atoms with van der Waals surface area (Å²) in [5, 5.41) is 0.997. The zero-order valence-corrected chi connectivity index (χ0v) is 12.3. The number of ether oxygens (including phenoxy) is 1. The van der Waals surface area contributed by atoms with Gasteiger partial charge < -0.3 is 4.74 Å². The minimum Gasteiger partial charge on any atom is -0.494 e. The Morgan fingerprint density at radius 2 is 2.00 bits per heavy atom. The predicted molar refractivity (Wildman–Crippen MR) is 75.2 cm³/mol. The summed E-state index contributed by atoms with van der Waals surface area (Å²) in [5.41, 5.74) is 3.09. The normalized spacial score (nSPS) is 17.4. The Bertz CT molecular complexity index is 503. The molecule has 22 heavy (non-hydrogen) atoms. The van der Waals surface area contributed by atoms with Crippen LogP contribution in [0.1, 0.15) is 25.3 Å². The molecular formula is C15H19F3N2O2. The van der Waals surface area contributed by atoms with Gasteiger partial charge in [0.1, 0.15) is 11.8 Å². The van der Waals surface area contributed by atoms with Crippen molar-refractivity contribution in [1.82, 2.24) is 10.4 Å². The third-order valence-electron chi connectivity index (χ3n) is 3.54. The molecule has 0 spiro atoms. The molecule has 1 amide bonds. The van der Waals surface area contributed by atoms with E-state index in [9.17, 15) is 18.0 Å². The molecule has 0 bridgehead atoms. The number of benzene rings is 1. The number of nitrogens with one attached hydrogen (secondary N) is 1. The highest BCUT2D eigenvalue weighted by Gasteiger charge is 2.45. The van der Waals surface area contributed by atoms with Gasteiger partial charge in [-0.15, -0.1) is 0 Å². The largest absolute Gasteiger partial charge is 0.494 e. The molecule has 1 heterocycles. The van der Waals surface area contributed by atoms with Crippen molar-refractivity contribution in [2.45, 2.75) is 38.4 Å². The predicted octanol–water partition coefficient (Wildman–Crippen LogP) is 2.69. The second kappa shape index (κ2) is 7.00. The zero-order valence-electron chi connectivity index (χ0n) is 12.3. The van der Waals surface area contributed by atoms with E-state index in [1.165, 1.54) is 0 Å². The Balaban J connectivity index is 1.97. The number of hydrogen-bond acceptors (Lipinski definition) is 3.